The van der Waals surface area contributed by atoms with Gasteiger partial charge in [-0.3, -0.25) is 4.57 Å². The van der Waals surface area contributed by atoms with Crippen molar-refractivity contribution < 1.29 is 0 Å². The van der Waals surface area contributed by atoms with Gasteiger partial charge in [-0.15, -0.1) is 10.2 Å². The number of nitrogens with one attached hydrogen (secondary N) is 1. The fraction of sp³-hybridized carbons (Fsp3) is 0.0833. The van der Waals surface area contributed by atoms with E-state index in [-0.39, 0.29) is 0 Å². The smallest absolute Gasteiger partial charge is 0.196 e. The summed E-state index contributed by atoms with van der Waals surface area (Å²) in [6, 6.07) is 27.0. The van der Waals surface area contributed by atoms with Crippen molar-refractivity contribution >= 4 is 38.6 Å². The maximum atomic E-state index is 4.63. The van der Waals surface area contributed by atoms with Crippen molar-refractivity contribution in [3.63, 3.8) is 0 Å². The fourth-order valence-corrected chi connectivity index (χ4v) is 4.74. The summed E-state index contributed by atoms with van der Waals surface area (Å²) in [5.74, 6) is 1.74. The molecule has 4 nitrogen and oxygen atoms in total. The molecule has 0 aliphatic carbocycles. The predicted molar refractivity (Wildman–Crippen MR) is 128 cm³/mol. The lowest BCUT2D eigenvalue weighted by atomic mass is 10.0. The molecule has 0 saturated carbocycles. The maximum Gasteiger partial charge on any atom is 0.196 e. The number of hydrogen-bond donors (Lipinski definition) is 1. The van der Waals surface area contributed by atoms with Crippen LogP contribution >= 0.6 is 27.7 Å². The second-order valence-electron chi connectivity index (χ2n) is 6.84. The molecule has 6 heteroatoms. The maximum absolute atomic E-state index is 4.63. The van der Waals surface area contributed by atoms with E-state index in [1.807, 2.05) is 24.3 Å². The first-order valence-electron chi connectivity index (χ1n) is 9.77. The number of benzene rings is 3. The number of para-hydroxylation sites is 1. The molecule has 0 atom stereocenters. The van der Waals surface area contributed by atoms with Gasteiger partial charge in [0, 0.05) is 26.6 Å². The van der Waals surface area contributed by atoms with Crippen LogP contribution in [0.4, 0.5) is 0 Å². The van der Waals surface area contributed by atoms with Crippen LogP contribution in [0.2, 0.25) is 0 Å². The summed E-state index contributed by atoms with van der Waals surface area (Å²) in [4.78, 5) is 3.62. The minimum atomic E-state index is 0.809. The molecule has 30 heavy (non-hydrogen) atoms. The molecule has 0 fully saturated rings. The molecule has 0 spiro atoms. The van der Waals surface area contributed by atoms with E-state index >= 15 is 0 Å². The molecule has 0 saturated heterocycles. The first kappa shape index (κ1) is 19.2. The van der Waals surface area contributed by atoms with Crippen LogP contribution in [0.3, 0.4) is 0 Å². The van der Waals surface area contributed by atoms with Crippen LogP contribution in [-0.4, -0.2) is 25.5 Å². The second kappa shape index (κ2) is 8.13. The van der Waals surface area contributed by atoms with Crippen LogP contribution in [-0.2, 0) is 0 Å². The van der Waals surface area contributed by atoms with Crippen molar-refractivity contribution in [3.8, 4) is 28.3 Å². The molecule has 3 aromatic carbocycles. The highest BCUT2D eigenvalue weighted by atomic mass is 79.9. The van der Waals surface area contributed by atoms with Gasteiger partial charge >= 0.3 is 0 Å². The molecule has 0 unspecified atom stereocenters. The Morgan fingerprint density at radius 2 is 1.67 bits per heavy atom. The van der Waals surface area contributed by atoms with E-state index in [2.05, 4.69) is 97.2 Å². The molecular weight excluding hydrogens is 456 g/mol. The highest BCUT2D eigenvalue weighted by molar-refractivity contribution is 9.10. The van der Waals surface area contributed by atoms with Crippen LogP contribution in [0.1, 0.15) is 6.92 Å². The van der Waals surface area contributed by atoms with Gasteiger partial charge in [-0.25, -0.2) is 0 Å². The lowest BCUT2D eigenvalue weighted by molar-refractivity contribution is 0.886. The quantitative estimate of drug-likeness (QED) is 0.280. The summed E-state index contributed by atoms with van der Waals surface area (Å²) in [6.07, 6.45) is 0. The Balaban J connectivity index is 1.83. The van der Waals surface area contributed by atoms with Crippen LogP contribution < -0.4 is 0 Å². The Labute approximate surface area is 187 Å². The number of hydrogen-bond acceptors (Lipinski definition) is 3. The number of aromatic amines is 1. The Bertz CT molecular complexity index is 1310. The third-order valence-electron chi connectivity index (χ3n) is 4.97. The van der Waals surface area contributed by atoms with Gasteiger partial charge in [-0.05, 0) is 41.6 Å². The van der Waals surface area contributed by atoms with Gasteiger partial charge in [0.05, 0.1) is 5.69 Å². The molecule has 2 heterocycles. The van der Waals surface area contributed by atoms with Crippen molar-refractivity contribution in [3.05, 3.63) is 83.3 Å². The number of thioether (sulfide) groups is 1. The van der Waals surface area contributed by atoms with E-state index in [4.69, 9.17) is 0 Å². The summed E-state index contributed by atoms with van der Waals surface area (Å²) < 4.78 is 3.19. The number of rotatable bonds is 5. The summed E-state index contributed by atoms with van der Waals surface area (Å²) >= 11 is 5.32. The fourth-order valence-electron chi connectivity index (χ4n) is 3.70. The zero-order valence-corrected chi connectivity index (χ0v) is 18.7. The summed E-state index contributed by atoms with van der Waals surface area (Å²) in [6.45, 7) is 2.13. The number of nitrogens with zero attached hydrogens (tertiary/aromatic N) is 3. The zero-order chi connectivity index (χ0) is 20.5. The van der Waals surface area contributed by atoms with Gasteiger partial charge in [0.1, 0.15) is 0 Å². The van der Waals surface area contributed by atoms with Crippen LogP contribution in [0.15, 0.2) is 88.5 Å². The van der Waals surface area contributed by atoms with Crippen molar-refractivity contribution in [1.82, 2.24) is 19.7 Å². The van der Waals surface area contributed by atoms with Gasteiger partial charge in [-0.1, -0.05) is 83.1 Å². The van der Waals surface area contributed by atoms with Crippen LogP contribution in [0.5, 0.6) is 0 Å². The second-order valence-corrected chi connectivity index (χ2v) is 8.99. The third kappa shape index (κ3) is 3.36. The van der Waals surface area contributed by atoms with Crippen molar-refractivity contribution in [2.24, 2.45) is 0 Å². The Morgan fingerprint density at radius 3 is 2.40 bits per heavy atom. The lowest BCUT2D eigenvalue weighted by Crippen LogP contribution is -2.00. The number of halogens is 1. The topological polar surface area (TPSA) is 46.5 Å². The highest BCUT2D eigenvalue weighted by Crippen LogP contribution is 2.40. The molecule has 2 aromatic heterocycles. The molecule has 0 amide bonds. The van der Waals surface area contributed by atoms with E-state index in [9.17, 15) is 0 Å². The normalized spacial score (nSPS) is 11.3. The summed E-state index contributed by atoms with van der Waals surface area (Å²) in [5, 5.41) is 11.2. The largest absolute Gasteiger partial charge is 0.351 e. The third-order valence-corrected chi connectivity index (χ3v) is 6.27. The van der Waals surface area contributed by atoms with Crippen LogP contribution in [0.25, 0.3) is 39.2 Å². The molecule has 0 radical (unpaired) electrons. The van der Waals surface area contributed by atoms with Crippen molar-refractivity contribution in [1.29, 1.82) is 0 Å². The van der Waals surface area contributed by atoms with Gasteiger partial charge in [0.15, 0.2) is 11.0 Å². The molecule has 148 valence electrons. The van der Waals surface area contributed by atoms with Gasteiger partial charge in [0.25, 0.3) is 0 Å². The van der Waals surface area contributed by atoms with Gasteiger partial charge in [0.2, 0.25) is 0 Å². The standard InChI is InChI=1S/C24H19BrN4S/c1-2-30-24-28-27-23(29(24)18-11-7-4-8-12-18)22-21(16-9-5-3-6-10-16)19-15-17(25)13-14-20(19)26-22/h3-15,26H,2H2,1H3. The Morgan fingerprint density at radius 1 is 0.933 bits per heavy atom. The van der Waals surface area contributed by atoms with Crippen molar-refractivity contribution in [2.75, 3.05) is 5.75 Å². The van der Waals surface area contributed by atoms with E-state index in [1.54, 1.807) is 11.8 Å². The van der Waals surface area contributed by atoms with E-state index in [1.165, 1.54) is 0 Å². The lowest BCUT2D eigenvalue weighted by Gasteiger charge is -2.11. The number of aromatic nitrogens is 4. The zero-order valence-electron chi connectivity index (χ0n) is 16.3. The molecule has 0 aliphatic heterocycles. The molecule has 5 rings (SSSR count). The van der Waals surface area contributed by atoms with E-state index < -0.39 is 0 Å². The Hall–Kier alpha value is -2.83. The summed E-state index contributed by atoms with van der Waals surface area (Å²) in [5.41, 5.74) is 5.36. The average molecular weight is 475 g/mol. The average Bonchev–Trinajstić information content (AvgIpc) is 3.36. The minimum absolute atomic E-state index is 0.809. The number of fused-ring (bicyclic) bond motifs is 1. The first-order valence-corrected chi connectivity index (χ1v) is 11.5. The molecule has 5 aromatic rings. The molecule has 0 bridgehead atoms. The first-order chi connectivity index (χ1) is 14.8. The van der Waals surface area contributed by atoms with Crippen LogP contribution in [0, 0.1) is 0 Å². The summed E-state index contributed by atoms with van der Waals surface area (Å²) in [7, 11) is 0. The van der Waals surface area contributed by atoms with Gasteiger partial charge < -0.3 is 4.98 Å². The van der Waals surface area contributed by atoms with E-state index in [0.29, 0.717) is 0 Å². The van der Waals surface area contributed by atoms with E-state index in [0.717, 1.165) is 54.6 Å². The minimum Gasteiger partial charge on any atom is -0.351 e. The Kier molecular flexibility index (Phi) is 5.19. The van der Waals surface area contributed by atoms with Gasteiger partial charge in [-0.2, -0.15) is 0 Å². The molecular formula is C24H19BrN4S. The SMILES string of the molecule is CCSc1nnc(-c2[nH]c3ccc(Br)cc3c2-c2ccccc2)n1-c1ccccc1. The predicted octanol–water partition coefficient (Wildman–Crippen LogP) is 6.96. The molecule has 1 N–H and O–H groups in total. The molecule has 0 aliphatic rings. The number of H-pyrrole nitrogens is 1. The highest BCUT2D eigenvalue weighted by Gasteiger charge is 2.22. The van der Waals surface area contributed by atoms with Crippen molar-refractivity contribution in [2.45, 2.75) is 12.1 Å². The monoisotopic (exact) mass is 474 g/mol.